The Balaban J connectivity index is 1.64. The molecule has 3 aromatic rings. The molecule has 1 aliphatic rings. The third-order valence-corrected chi connectivity index (χ3v) is 5.38. The second-order valence-electron chi connectivity index (χ2n) is 6.19. The number of hydrogen-bond donors (Lipinski definition) is 1. The number of nitrogens with one attached hydrogen (secondary N) is 1. The minimum Gasteiger partial charge on any atom is -0.362 e. The molecular formula is C17H16Cl2N6O. The number of hydrogen-bond acceptors (Lipinski definition) is 5. The van der Waals surface area contributed by atoms with Crippen molar-refractivity contribution in [3.63, 3.8) is 0 Å². The average molecular weight is 391 g/mol. The fraction of sp³-hybridized carbons (Fsp3) is 0.294. The van der Waals surface area contributed by atoms with Crippen LogP contribution in [0.3, 0.4) is 0 Å². The van der Waals surface area contributed by atoms with Gasteiger partial charge in [-0.1, -0.05) is 46.6 Å². The van der Waals surface area contributed by atoms with Gasteiger partial charge in [-0.15, -0.1) is 5.10 Å². The van der Waals surface area contributed by atoms with Crippen molar-refractivity contribution in [3.05, 3.63) is 67.8 Å². The molecule has 0 fully saturated rings. The molecule has 134 valence electrons. The van der Waals surface area contributed by atoms with Crippen molar-refractivity contribution in [2.45, 2.75) is 25.9 Å². The van der Waals surface area contributed by atoms with Gasteiger partial charge in [0.2, 0.25) is 0 Å². The predicted molar refractivity (Wildman–Crippen MR) is 99.9 cm³/mol. The number of rotatable bonds is 3. The Labute approximate surface area is 159 Å². The van der Waals surface area contributed by atoms with Gasteiger partial charge in [-0.3, -0.25) is 4.79 Å². The molecule has 0 amide bonds. The monoisotopic (exact) mass is 390 g/mol. The van der Waals surface area contributed by atoms with E-state index in [0.717, 1.165) is 23.4 Å². The lowest BCUT2D eigenvalue weighted by Gasteiger charge is -2.29. The van der Waals surface area contributed by atoms with Crippen molar-refractivity contribution < 1.29 is 0 Å². The third kappa shape index (κ3) is 2.87. The van der Waals surface area contributed by atoms with E-state index in [9.17, 15) is 4.79 Å². The molecule has 1 N–H and O–H groups in total. The summed E-state index contributed by atoms with van der Waals surface area (Å²) in [7, 11) is 0. The van der Waals surface area contributed by atoms with Gasteiger partial charge in [0.25, 0.3) is 5.56 Å². The first-order valence-corrected chi connectivity index (χ1v) is 8.97. The highest BCUT2D eigenvalue weighted by Crippen LogP contribution is 2.30. The summed E-state index contributed by atoms with van der Waals surface area (Å²) in [6.07, 6.45) is 2.30. The van der Waals surface area contributed by atoms with Crippen molar-refractivity contribution in [2.75, 3.05) is 11.4 Å². The molecule has 3 heterocycles. The first-order valence-electron chi connectivity index (χ1n) is 8.21. The quantitative estimate of drug-likeness (QED) is 0.743. The van der Waals surface area contributed by atoms with Crippen LogP contribution in [0.15, 0.2) is 35.3 Å². The van der Waals surface area contributed by atoms with Gasteiger partial charge in [0.05, 0.1) is 30.2 Å². The molecule has 4 rings (SSSR count). The highest BCUT2D eigenvalue weighted by molar-refractivity contribution is 6.33. The fourth-order valence-electron chi connectivity index (χ4n) is 3.29. The molecule has 0 spiro atoms. The molecule has 9 heteroatoms. The summed E-state index contributed by atoms with van der Waals surface area (Å²) in [5.41, 5.74) is 3.15. The Morgan fingerprint density at radius 2 is 2.08 bits per heavy atom. The third-order valence-electron chi connectivity index (χ3n) is 4.67. The Kier molecular flexibility index (Phi) is 4.42. The van der Waals surface area contributed by atoms with Crippen LogP contribution in [0.2, 0.25) is 10.0 Å². The van der Waals surface area contributed by atoms with Crippen molar-refractivity contribution in [2.24, 2.45) is 0 Å². The zero-order valence-corrected chi connectivity index (χ0v) is 15.5. The van der Waals surface area contributed by atoms with E-state index in [-0.39, 0.29) is 11.1 Å². The van der Waals surface area contributed by atoms with E-state index in [0.29, 0.717) is 23.8 Å². The van der Waals surface area contributed by atoms with E-state index in [1.165, 1.54) is 0 Å². The lowest BCUT2D eigenvalue weighted by Crippen LogP contribution is -2.33. The van der Waals surface area contributed by atoms with E-state index >= 15 is 0 Å². The summed E-state index contributed by atoms with van der Waals surface area (Å²) in [6, 6.07) is 7.73. The standard InChI is InChI=1S/C17H16Cl2N6O/c1-10(11-4-2-3-5-12(11)18)25-14-6-7-24(9-13(14)21-23-25)15-8-20-22-17(26)16(15)19/h2-5,8,10H,6-7,9H2,1H3,(H,22,26)/t10-/m1/s1. The smallest absolute Gasteiger partial charge is 0.285 e. The van der Waals surface area contributed by atoms with Crippen LogP contribution < -0.4 is 10.5 Å². The summed E-state index contributed by atoms with van der Waals surface area (Å²) < 4.78 is 1.92. The Morgan fingerprint density at radius 1 is 1.27 bits per heavy atom. The predicted octanol–water partition coefficient (Wildman–Crippen LogP) is 2.84. The number of fused-ring (bicyclic) bond motifs is 1. The largest absolute Gasteiger partial charge is 0.362 e. The van der Waals surface area contributed by atoms with E-state index in [2.05, 4.69) is 27.4 Å². The Morgan fingerprint density at radius 3 is 2.88 bits per heavy atom. The van der Waals surface area contributed by atoms with Gasteiger partial charge in [-0.2, -0.15) is 5.10 Å². The van der Waals surface area contributed by atoms with Gasteiger partial charge < -0.3 is 4.90 Å². The molecule has 1 atom stereocenters. The summed E-state index contributed by atoms with van der Waals surface area (Å²) in [5.74, 6) is 0. The van der Waals surface area contributed by atoms with Crippen LogP contribution in [0.5, 0.6) is 0 Å². The maximum absolute atomic E-state index is 11.7. The molecule has 0 radical (unpaired) electrons. The minimum atomic E-state index is -0.397. The molecule has 0 saturated carbocycles. The van der Waals surface area contributed by atoms with Gasteiger partial charge in [0.15, 0.2) is 0 Å². The van der Waals surface area contributed by atoms with Crippen LogP contribution >= 0.6 is 23.2 Å². The number of H-pyrrole nitrogens is 1. The molecule has 7 nitrogen and oxygen atoms in total. The maximum atomic E-state index is 11.7. The average Bonchev–Trinajstić information content (AvgIpc) is 3.07. The molecular weight excluding hydrogens is 375 g/mol. The van der Waals surface area contributed by atoms with E-state index in [4.69, 9.17) is 23.2 Å². The summed E-state index contributed by atoms with van der Waals surface area (Å²) in [6.45, 7) is 3.27. The van der Waals surface area contributed by atoms with Gasteiger partial charge in [-0.05, 0) is 18.6 Å². The zero-order valence-electron chi connectivity index (χ0n) is 14.0. The van der Waals surface area contributed by atoms with Crippen molar-refractivity contribution in [3.8, 4) is 0 Å². The van der Waals surface area contributed by atoms with Gasteiger partial charge >= 0.3 is 0 Å². The zero-order chi connectivity index (χ0) is 18.3. The second-order valence-corrected chi connectivity index (χ2v) is 6.98. The molecule has 26 heavy (non-hydrogen) atoms. The molecule has 1 aromatic carbocycles. The first-order chi connectivity index (χ1) is 12.6. The lowest BCUT2D eigenvalue weighted by molar-refractivity contribution is 0.517. The van der Waals surface area contributed by atoms with Gasteiger partial charge in [0, 0.05) is 18.0 Å². The number of aromatic nitrogens is 5. The number of aromatic amines is 1. The normalized spacial score (nSPS) is 15.0. The van der Waals surface area contributed by atoms with E-state index in [1.54, 1.807) is 6.20 Å². The SMILES string of the molecule is C[C@H](c1ccccc1Cl)n1nnc2c1CCN(c1cn[nH]c(=O)c1Cl)C2. The summed E-state index contributed by atoms with van der Waals surface area (Å²) in [5, 5.41) is 15.7. The van der Waals surface area contributed by atoms with Crippen molar-refractivity contribution >= 4 is 28.9 Å². The topological polar surface area (TPSA) is 79.7 Å². The van der Waals surface area contributed by atoms with E-state index < -0.39 is 5.56 Å². The molecule has 0 aliphatic carbocycles. The molecule has 0 unspecified atom stereocenters. The fourth-order valence-corrected chi connectivity index (χ4v) is 3.79. The van der Waals surface area contributed by atoms with Crippen molar-refractivity contribution in [1.29, 1.82) is 0 Å². The highest BCUT2D eigenvalue weighted by Gasteiger charge is 2.27. The first kappa shape index (κ1) is 17.1. The van der Waals surface area contributed by atoms with E-state index in [1.807, 2.05) is 33.8 Å². The molecule has 1 aliphatic heterocycles. The van der Waals surface area contributed by atoms with Crippen LogP contribution in [0, 0.1) is 0 Å². The van der Waals surface area contributed by atoms with Crippen LogP contribution in [-0.2, 0) is 13.0 Å². The molecule has 0 bridgehead atoms. The molecule has 2 aromatic heterocycles. The Bertz CT molecular complexity index is 1010. The maximum Gasteiger partial charge on any atom is 0.285 e. The Hall–Kier alpha value is -2.38. The molecule has 0 saturated heterocycles. The highest BCUT2D eigenvalue weighted by atomic mass is 35.5. The number of halogens is 2. The van der Waals surface area contributed by atoms with Crippen LogP contribution in [0.25, 0.3) is 0 Å². The number of anilines is 1. The van der Waals surface area contributed by atoms with Crippen LogP contribution in [0.4, 0.5) is 5.69 Å². The van der Waals surface area contributed by atoms with Gasteiger partial charge in [-0.25, -0.2) is 9.78 Å². The second kappa shape index (κ2) is 6.74. The van der Waals surface area contributed by atoms with Crippen molar-refractivity contribution in [1.82, 2.24) is 25.2 Å². The summed E-state index contributed by atoms with van der Waals surface area (Å²) >= 11 is 12.5. The lowest BCUT2D eigenvalue weighted by atomic mass is 10.1. The van der Waals surface area contributed by atoms with Crippen LogP contribution in [0.1, 0.15) is 29.9 Å². The van der Waals surface area contributed by atoms with Crippen LogP contribution in [-0.4, -0.2) is 31.7 Å². The number of nitrogens with zero attached hydrogens (tertiary/aromatic N) is 5. The number of benzene rings is 1. The minimum absolute atomic E-state index is 0.0173. The van der Waals surface area contributed by atoms with Gasteiger partial charge in [0.1, 0.15) is 10.7 Å². The summed E-state index contributed by atoms with van der Waals surface area (Å²) in [4.78, 5) is 13.7.